The lowest BCUT2D eigenvalue weighted by molar-refractivity contribution is -0.308. The Bertz CT molecular complexity index is 646. The summed E-state index contributed by atoms with van der Waals surface area (Å²) in [6.45, 7) is 7.81. The first-order valence-electron chi connectivity index (χ1n) is 9.55. The molecule has 25 heavy (non-hydrogen) atoms. The van der Waals surface area contributed by atoms with E-state index in [2.05, 4.69) is 6.58 Å². The Morgan fingerprint density at radius 3 is 2.52 bits per heavy atom. The van der Waals surface area contributed by atoms with Crippen LogP contribution in [0.15, 0.2) is 12.2 Å². The van der Waals surface area contributed by atoms with Crippen LogP contribution in [0, 0.1) is 28.1 Å². The summed E-state index contributed by atoms with van der Waals surface area (Å²) in [6, 6.07) is 0. The van der Waals surface area contributed by atoms with Gasteiger partial charge in [-0.25, -0.2) is 0 Å². The summed E-state index contributed by atoms with van der Waals surface area (Å²) >= 11 is 0. The lowest BCUT2D eigenvalue weighted by Crippen LogP contribution is -2.74. The van der Waals surface area contributed by atoms with Gasteiger partial charge in [0, 0.05) is 5.41 Å². The average Bonchev–Trinajstić information content (AvgIpc) is 2.77. The van der Waals surface area contributed by atoms with E-state index in [4.69, 9.17) is 0 Å². The fraction of sp³-hybridized carbons (Fsp3) is 0.850. The normalized spacial score (nSPS) is 57.7. The van der Waals surface area contributed by atoms with Crippen LogP contribution < -0.4 is 0 Å². The third kappa shape index (κ3) is 1.68. The molecule has 0 aliphatic heterocycles. The van der Waals surface area contributed by atoms with Gasteiger partial charge >= 0.3 is 5.97 Å². The second-order valence-corrected chi connectivity index (χ2v) is 9.62. The molecule has 0 unspecified atom stereocenters. The maximum Gasteiger partial charge on any atom is 0.309 e. The van der Waals surface area contributed by atoms with Crippen LogP contribution in [0.2, 0.25) is 0 Å². The largest absolute Gasteiger partial charge is 0.481 e. The van der Waals surface area contributed by atoms with Crippen LogP contribution in [0.5, 0.6) is 0 Å². The molecular formula is C20H30O5. The molecule has 140 valence electrons. The number of carboxylic acid groups (broad SMARTS) is 1. The van der Waals surface area contributed by atoms with Crippen molar-refractivity contribution in [1.29, 1.82) is 0 Å². The smallest absolute Gasteiger partial charge is 0.309 e. The topological polar surface area (TPSA) is 98.0 Å². The molecule has 4 N–H and O–H groups in total. The monoisotopic (exact) mass is 350 g/mol. The van der Waals surface area contributed by atoms with E-state index in [0.717, 1.165) is 24.8 Å². The lowest BCUT2D eigenvalue weighted by atomic mass is 9.38. The maximum absolute atomic E-state index is 12.1. The number of carboxylic acids is 1. The molecule has 4 rings (SSSR count). The van der Waals surface area contributed by atoms with E-state index < -0.39 is 40.0 Å². The molecule has 5 heteroatoms. The molecule has 4 aliphatic rings. The average molecular weight is 350 g/mol. The molecule has 4 saturated carbocycles. The Balaban J connectivity index is 1.90. The molecular weight excluding hydrogens is 320 g/mol. The fourth-order valence-electron chi connectivity index (χ4n) is 7.49. The van der Waals surface area contributed by atoms with E-state index in [1.165, 1.54) is 0 Å². The molecule has 0 aromatic carbocycles. The highest BCUT2D eigenvalue weighted by molar-refractivity contribution is 5.75. The standard InChI is InChI=1S/C20H30O5/c1-11-12-5-8-20(25)18(3)7-4-6-17(2,16(23)24)13(18)9-14(21)19(20,10-12)15(11)22/h12-15,21-22,25H,1,4-10H2,2-3H3,(H,23,24)/t12-,13-,14+,15+,17-,18-,19-,20-/m1/s1. The fourth-order valence-corrected chi connectivity index (χ4v) is 7.49. The van der Waals surface area contributed by atoms with Crippen LogP contribution in [-0.4, -0.2) is 44.2 Å². The van der Waals surface area contributed by atoms with Crippen molar-refractivity contribution >= 4 is 5.97 Å². The number of fused-ring (bicyclic) bond motifs is 3. The van der Waals surface area contributed by atoms with E-state index >= 15 is 0 Å². The van der Waals surface area contributed by atoms with Gasteiger partial charge in [0.05, 0.1) is 28.6 Å². The Morgan fingerprint density at radius 1 is 1.20 bits per heavy atom. The van der Waals surface area contributed by atoms with Gasteiger partial charge < -0.3 is 20.4 Å². The Labute approximate surface area is 148 Å². The van der Waals surface area contributed by atoms with Crippen LogP contribution >= 0.6 is 0 Å². The number of aliphatic carboxylic acids is 1. The summed E-state index contributed by atoms with van der Waals surface area (Å²) < 4.78 is 0. The molecule has 0 saturated heterocycles. The quantitative estimate of drug-likeness (QED) is 0.543. The number of hydrogen-bond donors (Lipinski definition) is 4. The number of rotatable bonds is 1. The summed E-state index contributed by atoms with van der Waals surface area (Å²) in [7, 11) is 0. The van der Waals surface area contributed by atoms with Gasteiger partial charge in [0.2, 0.25) is 0 Å². The highest BCUT2D eigenvalue weighted by Crippen LogP contribution is 2.73. The molecule has 8 atom stereocenters. The highest BCUT2D eigenvalue weighted by Gasteiger charge is 2.77. The molecule has 0 aromatic heterocycles. The van der Waals surface area contributed by atoms with Crippen molar-refractivity contribution in [2.75, 3.05) is 0 Å². The summed E-state index contributed by atoms with van der Waals surface area (Å²) in [5, 5.41) is 44.1. The zero-order chi connectivity index (χ0) is 18.4. The van der Waals surface area contributed by atoms with E-state index in [9.17, 15) is 25.2 Å². The maximum atomic E-state index is 12.1. The Hall–Kier alpha value is -0.910. The summed E-state index contributed by atoms with van der Waals surface area (Å²) in [5.41, 5.74) is -3.13. The van der Waals surface area contributed by atoms with Gasteiger partial charge in [-0.2, -0.15) is 0 Å². The molecule has 0 radical (unpaired) electrons. The van der Waals surface area contributed by atoms with Crippen LogP contribution in [0.4, 0.5) is 0 Å². The molecule has 2 bridgehead atoms. The number of aliphatic hydroxyl groups excluding tert-OH is 2. The van der Waals surface area contributed by atoms with Gasteiger partial charge in [-0.15, -0.1) is 0 Å². The number of aliphatic hydroxyl groups is 3. The van der Waals surface area contributed by atoms with E-state index in [-0.39, 0.29) is 11.8 Å². The number of hydrogen-bond acceptors (Lipinski definition) is 4. The predicted octanol–water partition coefficient (Wildman–Crippen LogP) is 2.10. The molecule has 4 fully saturated rings. The zero-order valence-corrected chi connectivity index (χ0v) is 15.2. The Morgan fingerprint density at radius 2 is 1.88 bits per heavy atom. The van der Waals surface area contributed by atoms with Gasteiger partial charge in [0.15, 0.2) is 0 Å². The van der Waals surface area contributed by atoms with E-state index in [1.54, 1.807) is 6.92 Å². The van der Waals surface area contributed by atoms with Gasteiger partial charge in [-0.3, -0.25) is 4.79 Å². The molecule has 1 spiro atoms. The minimum Gasteiger partial charge on any atom is -0.481 e. The van der Waals surface area contributed by atoms with Crippen LogP contribution in [0.1, 0.15) is 58.8 Å². The lowest BCUT2D eigenvalue weighted by Gasteiger charge is -2.69. The van der Waals surface area contributed by atoms with Crippen molar-refractivity contribution in [1.82, 2.24) is 0 Å². The second kappa shape index (κ2) is 4.87. The summed E-state index contributed by atoms with van der Waals surface area (Å²) in [5.74, 6) is -1.02. The van der Waals surface area contributed by atoms with Crippen molar-refractivity contribution in [3.05, 3.63) is 12.2 Å². The van der Waals surface area contributed by atoms with Gasteiger partial charge in [0.1, 0.15) is 0 Å². The van der Waals surface area contributed by atoms with Crippen LogP contribution in [0.25, 0.3) is 0 Å². The second-order valence-electron chi connectivity index (χ2n) is 9.62. The van der Waals surface area contributed by atoms with E-state index in [0.29, 0.717) is 25.7 Å². The van der Waals surface area contributed by atoms with Crippen molar-refractivity contribution in [2.24, 2.45) is 28.1 Å². The Kier molecular flexibility index (Phi) is 3.41. The van der Waals surface area contributed by atoms with Gasteiger partial charge in [-0.05, 0) is 62.9 Å². The minimum atomic E-state index is -1.27. The first-order chi connectivity index (χ1) is 11.5. The molecule has 0 amide bonds. The van der Waals surface area contributed by atoms with Crippen LogP contribution in [-0.2, 0) is 4.79 Å². The molecule has 0 aromatic rings. The third-order valence-electron chi connectivity index (χ3n) is 8.99. The minimum absolute atomic E-state index is 0.138. The summed E-state index contributed by atoms with van der Waals surface area (Å²) in [6.07, 6.45) is 2.31. The predicted molar refractivity (Wildman–Crippen MR) is 91.7 cm³/mol. The third-order valence-corrected chi connectivity index (χ3v) is 8.99. The number of carbonyl (C=O) groups is 1. The van der Waals surface area contributed by atoms with Gasteiger partial charge in [0.25, 0.3) is 0 Å². The zero-order valence-electron chi connectivity index (χ0n) is 15.2. The molecule has 4 aliphatic carbocycles. The first-order valence-corrected chi connectivity index (χ1v) is 9.55. The molecule has 5 nitrogen and oxygen atoms in total. The SMILES string of the molecule is C=C1[C@@H]2CC[C@]3(O)[C@](C2)([C@@H](O)C[C@@H]2[C@](C)(C(=O)O)CCC[C@]23C)[C@H]1O. The van der Waals surface area contributed by atoms with Gasteiger partial charge in [-0.1, -0.05) is 19.9 Å². The van der Waals surface area contributed by atoms with Crippen LogP contribution in [0.3, 0.4) is 0 Å². The summed E-state index contributed by atoms with van der Waals surface area (Å²) in [4.78, 5) is 12.1. The van der Waals surface area contributed by atoms with Crippen molar-refractivity contribution in [3.8, 4) is 0 Å². The van der Waals surface area contributed by atoms with E-state index in [1.807, 2.05) is 6.92 Å². The molecule has 0 heterocycles. The van der Waals surface area contributed by atoms with Crippen molar-refractivity contribution in [3.63, 3.8) is 0 Å². The first kappa shape index (κ1) is 17.5. The van der Waals surface area contributed by atoms with Crippen molar-refractivity contribution in [2.45, 2.75) is 76.6 Å². The van der Waals surface area contributed by atoms with Crippen molar-refractivity contribution < 1.29 is 25.2 Å². The highest BCUT2D eigenvalue weighted by atomic mass is 16.4.